The van der Waals surface area contributed by atoms with Gasteiger partial charge < -0.3 is 5.32 Å². The third-order valence-corrected chi connectivity index (χ3v) is 5.22. The highest BCUT2D eigenvalue weighted by Crippen LogP contribution is 2.35. The van der Waals surface area contributed by atoms with Crippen molar-refractivity contribution in [3.63, 3.8) is 0 Å². The smallest absolute Gasteiger partial charge is 0.0309 e. The van der Waals surface area contributed by atoms with Crippen LogP contribution < -0.4 is 5.32 Å². The highest BCUT2D eigenvalue weighted by atomic mass is 15.3. The van der Waals surface area contributed by atoms with Gasteiger partial charge in [-0.2, -0.15) is 0 Å². The average molecular weight is 262 g/mol. The Balaban J connectivity index is 2.14. The Morgan fingerprint density at radius 3 is 2.58 bits per heavy atom. The van der Waals surface area contributed by atoms with Gasteiger partial charge in [0, 0.05) is 37.1 Å². The van der Waals surface area contributed by atoms with Crippen LogP contribution >= 0.6 is 0 Å². The fourth-order valence-electron chi connectivity index (χ4n) is 4.00. The van der Waals surface area contributed by atoms with Gasteiger partial charge in [-0.3, -0.25) is 4.90 Å². The predicted molar refractivity (Wildman–Crippen MR) is 82.1 cm³/mol. The molecule has 1 aliphatic heterocycles. The van der Waals surface area contributed by atoms with Gasteiger partial charge in [0.25, 0.3) is 0 Å². The summed E-state index contributed by atoms with van der Waals surface area (Å²) >= 11 is 0. The fourth-order valence-corrected chi connectivity index (χ4v) is 4.00. The second-order valence-corrected chi connectivity index (χ2v) is 6.82. The van der Waals surface area contributed by atoms with Crippen molar-refractivity contribution in [3.05, 3.63) is 0 Å². The van der Waals surface area contributed by atoms with Crippen LogP contribution in [0.2, 0.25) is 0 Å². The van der Waals surface area contributed by atoms with Gasteiger partial charge in [0.05, 0.1) is 0 Å². The fraction of sp³-hybridized carbons (Fsp3) is 0.882. The Hall–Kier alpha value is -0.520. The molecule has 2 atom stereocenters. The van der Waals surface area contributed by atoms with Gasteiger partial charge in [-0.15, -0.1) is 12.3 Å². The van der Waals surface area contributed by atoms with E-state index in [-0.39, 0.29) is 0 Å². The molecule has 1 saturated heterocycles. The molecule has 1 spiro atoms. The van der Waals surface area contributed by atoms with E-state index in [0.717, 1.165) is 13.0 Å². The molecular formula is C17H30N2. The topological polar surface area (TPSA) is 15.3 Å². The van der Waals surface area contributed by atoms with Gasteiger partial charge in [-0.25, -0.2) is 0 Å². The molecule has 1 N–H and O–H groups in total. The zero-order valence-corrected chi connectivity index (χ0v) is 12.9. The lowest BCUT2D eigenvalue weighted by Crippen LogP contribution is -2.66. The SMILES string of the molecule is C#CCC(CC)N1CC2(CCCC2)NCC1C(C)C. The molecular weight excluding hydrogens is 232 g/mol. The number of hydrogen-bond acceptors (Lipinski definition) is 2. The minimum atomic E-state index is 0.396. The summed E-state index contributed by atoms with van der Waals surface area (Å²) in [5, 5.41) is 3.88. The van der Waals surface area contributed by atoms with E-state index >= 15 is 0 Å². The first-order valence-corrected chi connectivity index (χ1v) is 8.06. The molecule has 108 valence electrons. The van der Waals surface area contributed by atoms with Crippen molar-refractivity contribution in [2.45, 2.75) is 76.9 Å². The Morgan fingerprint density at radius 1 is 1.37 bits per heavy atom. The van der Waals surface area contributed by atoms with E-state index in [1.54, 1.807) is 0 Å². The lowest BCUT2D eigenvalue weighted by molar-refractivity contribution is 0.0219. The van der Waals surface area contributed by atoms with E-state index in [4.69, 9.17) is 6.42 Å². The number of nitrogens with one attached hydrogen (secondary N) is 1. The van der Waals surface area contributed by atoms with Crippen LogP contribution in [0.5, 0.6) is 0 Å². The molecule has 0 aromatic rings. The summed E-state index contributed by atoms with van der Waals surface area (Å²) in [6.45, 7) is 9.31. The third-order valence-electron chi connectivity index (χ3n) is 5.22. The van der Waals surface area contributed by atoms with Gasteiger partial charge >= 0.3 is 0 Å². The van der Waals surface area contributed by atoms with Gasteiger partial charge in [0.15, 0.2) is 0 Å². The van der Waals surface area contributed by atoms with Crippen molar-refractivity contribution < 1.29 is 0 Å². The summed E-state index contributed by atoms with van der Waals surface area (Å²) in [7, 11) is 0. The molecule has 2 unspecified atom stereocenters. The van der Waals surface area contributed by atoms with E-state index in [1.807, 2.05) is 0 Å². The number of rotatable bonds is 4. The predicted octanol–water partition coefficient (Wildman–Crippen LogP) is 3.03. The van der Waals surface area contributed by atoms with Gasteiger partial charge in [0.1, 0.15) is 0 Å². The molecule has 0 bridgehead atoms. The monoisotopic (exact) mass is 262 g/mol. The zero-order valence-electron chi connectivity index (χ0n) is 12.9. The lowest BCUT2D eigenvalue weighted by atomic mass is 9.87. The van der Waals surface area contributed by atoms with E-state index in [9.17, 15) is 0 Å². The summed E-state index contributed by atoms with van der Waals surface area (Å²) in [6.07, 6.45) is 13.1. The minimum absolute atomic E-state index is 0.396. The van der Waals surface area contributed by atoms with Crippen molar-refractivity contribution in [3.8, 4) is 12.3 Å². The van der Waals surface area contributed by atoms with Crippen molar-refractivity contribution in [2.75, 3.05) is 13.1 Å². The molecule has 2 nitrogen and oxygen atoms in total. The summed E-state index contributed by atoms with van der Waals surface area (Å²) in [6, 6.07) is 1.21. The molecule has 2 fully saturated rings. The maximum Gasteiger partial charge on any atom is 0.0309 e. The zero-order chi connectivity index (χ0) is 13.9. The third kappa shape index (κ3) is 3.15. The summed E-state index contributed by atoms with van der Waals surface area (Å²) in [4.78, 5) is 2.74. The second-order valence-electron chi connectivity index (χ2n) is 6.82. The molecule has 1 aliphatic carbocycles. The van der Waals surface area contributed by atoms with E-state index < -0.39 is 0 Å². The molecule has 0 aromatic heterocycles. The summed E-state index contributed by atoms with van der Waals surface area (Å²) < 4.78 is 0. The highest BCUT2D eigenvalue weighted by molar-refractivity contribution is 5.04. The standard InChI is InChI=1S/C17H30N2/c1-5-9-15(6-2)19-13-17(10-7-8-11-17)18-12-16(19)14(3)4/h1,14-16,18H,6-13H2,2-4H3. The van der Waals surface area contributed by atoms with Gasteiger partial charge in [-0.05, 0) is 25.2 Å². The number of nitrogens with zero attached hydrogens (tertiary/aromatic N) is 1. The van der Waals surface area contributed by atoms with Crippen LogP contribution in [0.3, 0.4) is 0 Å². The van der Waals surface area contributed by atoms with Crippen LogP contribution in [0, 0.1) is 18.3 Å². The largest absolute Gasteiger partial charge is 0.308 e. The average Bonchev–Trinajstić information content (AvgIpc) is 2.83. The Kier molecular flexibility index (Phi) is 4.92. The van der Waals surface area contributed by atoms with Crippen LogP contribution in [0.15, 0.2) is 0 Å². The maximum atomic E-state index is 5.59. The molecule has 2 rings (SSSR count). The summed E-state index contributed by atoms with van der Waals surface area (Å²) in [5.41, 5.74) is 0.396. The van der Waals surface area contributed by atoms with Crippen LogP contribution in [-0.4, -0.2) is 35.6 Å². The van der Waals surface area contributed by atoms with E-state index in [0.29, 0.717) is 23.5 Å². The van der Waals surface area contributed by atoms with Crippen LogP contribution in [0.4, 0.5) is 0 Å². The highest BCUT2D eigenvalue weighted by Gasteiger charge is 2.43. The molecule has 1 saturated carbocycles. The number of terminal acetylenes is 1. The number of hydrogen-bond donors (Lipinski definition) is 1. The molecule has 1 heterocycles. The Morgan fingerprint density at radius 2 is 2.05 bits per heavy atom. The molecule has 0 amide bonds. The van der Waals surface area contributed by atoms with Crippen LogP contribution in [-0.2, 0) is 0 Å². The molecule has 19 heavy (non-hydrogen) atoms. The van der Waals surface area contributed by atoms with Crippen molar-refractivity contribution in [1.82, 2.24) is 10.2 Å². The first-order chi connectivity index (χ1) is 9.12. The molecule has 2 heteroatoms. The molecule has 2 aliphatic rings. The minimum Gasteiger partial charge on any atom is -0.308 e. The van der Waals surface area contributed by atoms with Crippen molar-refractivity contribution >= 4 is 0 Å². The van der Waals surface area contributed by atoms with E-state index in [1.165, 1.54) is 38.6 Å². The Labute approximate surface area is 119 Å². The number of piperazine rings is 1. The molecule has 0 aromatic carbocycles. The van der Waals surface area contributed by atoms with Crippen molar-refractivity contribution in [2.24, 2.45) is 5.92 Å². The maximum absolute atomic E-state index is 5.59. The molecule has 0 radical (unpaired) electrons. The van der Waals surface area contributed by atoms with Gasteiger partial charge in [0.2, 0.25) is 0 Å². The lowest BCUT2D eigenvalue weighted by Gasteiger charge is -2.50. The first kappa shape index (κ1) is 14.9. The first-order valence-electron chi connectivity index (χ1n) is 8.06. The van der Waals surface area contributed by atoms with Gasteiger partial charge in [-0.1, -0.05) is 33.6 Å². The second kappa shape index (κ2) is 6.29. The quantitative estimate of drug-likeness (QED) is 0.784. The van der Waals surface area contributed by atoms with Crippen LogP contribution in [0.1, 0.15) is 59.3 Å². The van der Waals surface area contributed by atoms with Crippen LogP contribution in [0.25, 0.3) is 0 Å². The normalized spacial score (nSPS) is 28.7. The van der Waals surface area contributed by atoms with Crippen molar-refractivity contribution in [1.29, 1.82) is 0 Å². The Bertz CT molecular complexity index is 323. The summed E-state index contributed by atoms with van der Waals surface area (Å²) in [5.74, 6) is 3.59. The van der Waals surface area contributed by atoms with E-state index in [2.05, 4.69) is 36.9 Å².